The lowest BCUT2D eigenvalue weighted by atomic mass is 10.1. The molecule has 1 unspecified atom stereocenters. The largest absolute Gasteiger partial charge is 0.507 e. The Kier molecular flexibility index (Phi) is 1.59. The molecule has 1 aliphatic heterocycles. The number of aliphatic hydroxyl groups is 1. The highest BCUT2D eigenvalue weighted by atomic mass is 19.4. The molecule has 12 heavy (non-hydrogen) atoms. The number of rotatable bonds is 0. The van der Waals surface area contributed by atoms with Gasteiger partial charge in [0, 0.05) is 0 Å². The number of hydrogen-bond acceptors (Lipinski definition) is 3. The molecule has 1 rings (SSSR count). The van der Waals surface area contributed by atoms with Crippen LogP contribution in [0.1, 0.15) is 6.92 Å². The molecule has 0 saturated carbocycles. The first-order valence-electron chi connectivity index (χ1n) is 2.98. The van der Waals surface area contributed by atoms with Crippen LogP contribution < -0.4 is 0 Å². The molecule has 0 saturated heterocycles. The number of carbonyl (C=O) groups is 1. The Labute approximate surface area is 65.4 Å². The van der Waals surface area contributed by atoms with E-state index in [0.29, 0.717) is 13.0 Å². The second kappa shape index (κ2) is 2.15. The van der Waals surface area contributed by atoms with Gasteiger partial charge in [-0.3, -0.25) is 0 Å². The van der Waals surface area contributed by atoms with Gasteiger partial charge in [-0.1, -0.05) is 0 Å². The van der Waals surface area contributed by atoms with E-state index < -0.39 is 23.5 Å². The van der Waals surface area contributed by atoms with Gasteiger partial charge in [0.1, 0.15) is 0 Å². The Balaban J connectivity index is 3.04. The molecule has 0 aliphatic carbocycles. The maximum absolute atomic E-state index is 12.1. The van der Waals surface area contributed by atoms with E-state index in [2.05, 4.69) is 4.74 Å². The van der Waals surface area contributed by atoms with Crippen molar-refractivity contribution in [1.29, 1.82) is 0 Å². The lowest BCUT2D eigenvalue weighted by molar-refractivity contribution is -0.250. The van der Waals surface area contributed by atoms with Gasteiger partial charge in [0.15, 0.2) is 5.76 Å². The molecule has 68 valence electrons. The van der Waals surface area contributed by atoms with Crippen LogP contribution in [0.3, 0.4) is 0 Å². The normalized spacial score (nSPS) is 30.0. The molecule has 1 N–H and O–H groups in total. The highest BCUT2D eigenvalue weighted by Crippen LogP contribution is 2.40. The van der Waals surface area contributed by atoms with Crippen LogP contribution in [0.4, 0.5) is 13.2 Å². The minimum absolute atomic E-state index is 0.410. The molecular formula is C6H5F3O3. The summed E-state index contributed by atoms with van der Waals surface area (Å²) in [6.07, 6.45) is -4.38. The first-order chi connectivity index (χ1) is 5.27. The van der Waals surface area contributed by atoms with Crippen molar-refractivity contribution in [2.45, 2.75) is 18.7 Å². The quantitative estimate of drug-likeness (QED) is 0.574. The van der Waals surface area contributed by atoms with E-state index in [-0.39, 0.29) is 0 Å². The molecule has 0 aromatic rings. The number of alkyl halides is 3. The molecule has 0 fully saturated rings. The standard InChI is InChI=1S/C6H5F3O3/c1-5(6(7,8)9)3(10)2-4(11)12-5/h2,10H,1H3. The van der Waals surface area contributed by atoms with Gasteiger partial charge in [0.2, 0.25) is 0 Å². The van der Waals surface area contributed by atoms with E-state index >= 15 is 0 Å². The van der Waals surface area contributed by atoms with Gasteiger partial charge in [-0.15, -0.1) is 0 Å². The molecule has 0 spiro atoms. The Hall–Kier alpha value is -1.20. The highest BCUT2D eigenvalue weighted by Gasteiger charge is 2.60. The topological polar surface area (TPSA) is 46.5 Å². The third-order valence-corrected chi connectivity index (χ3v) is 1.59. The number of cyclic esters (lactones) is 1. The SMILES string of the molecule is CC1(C(F)(F)F)OC(=O)C=C1O. The lowest BCUT2D eigenvalue weighted by Gasteiger charge is -2.25. The van der Waals surface area contributed by atoms with Crippen LogP contribution in [0.5, 0.6) is 0 Å². The molecule has 0 radical (unpaired) electrons. The van der Waals surface area contributed by atoms with E-state index in [1.165, 1.54) is 0 Å². The van der Waals surface area contributed by atoms with Crippen LogP contribution in [0.15, 0.2) is 11.8 Å². The maximum atomic E-state index is 12.1. The second-order valence-electron chi connectivity index (χ2n) is 2.48. The summed E-state index contributed by atoms with van der Waals surface area (Å²) < 4.78 is 40.2. The summed E-state index contributed by atoms with van der Waals surface area (Å²) in [6.45, 7) is 0.587. The third-order valence-electron chi connectivity index (χ3n) is 1.59. The average Bonchev–Trinajstić information content (AvgIpc) is 2.06. The summed E-state index contributed by atoms with van der Waals surface area (Å²) in [7, 11) is 0. The molecule has 0 bridgehead atoms. The number of esters is 1. The van der Waals surface area contributed by atoms with E-state index in [1.807, 2.05) is 0 Å². The summed E-state index contributed by atoms with van der Waals surface area (Å²) in [5.74, 6) is -2.30. The average molecular weight is 182 g/mol. The van der Waals surface area contributed by atoms with Crippen LogP contribution in [-0.4, -0.2) is 22.9 Å². The number of hydrogen-bond donors (Lipinski definition) is 1. The monoisotopic (exact) mass is 182 g/mol. The van der Waals surface area contributed by atoms with Gasteiger partial charge < -0.3 is 9.84 Å². The molecule has 1 atom stereocenters. The summed E-state index contributed by atoms with van der Waals surface area (Å²) in [5.41, 5.74) is -2.87. The third kappa shape index (κ3) is 1.03. The zero-order chi connectivity index (χ0) is 9.57. The molecule has 0 amide bonds. The van der Waals surface area contributed by atoms with Gasteiger partial charge in [0.25, 0.3) is 5.60 Å². The van der Waals surface area contributed by atoms with Gasteiger partial charge in [-0.25, -0.2) is 4.79 Å². The number of halogens is 3. The van der Waals surface area contributed by atoms with E-state index in [0.717, 1.165) is 0 Å². The highest BCUT2D eigenvalue weighted by molar-refractivity contribution is 5.86. The van der Waals surface area contributed by atoms with Crippen LogP contribution >= 0.6 is 0 Å². The van der Waals surface area contributed by atoms with Crippen molar-refractivity contribution >= 4 is 5.97 Å². The number of aliphatic hydroxyl groups excluding tert-OH is 1. The minimum atomic E-state index is -4.79. The molecule has 0 aromatic heterocycles. The van der Waals surface area contributed by atoms with Crippen molar-refractivity contribution < 1.29 is 27.8 Å². The van der Waals surface area contributed by atoms with Crippen LogP contribution in [0.25, 0.3) is 0 Å². The first-order valence-corrected chi connectivity index (χ1v) is 2.98. The smallest absolute Gasteiger partial charge is 0.435 e. The minimum Gasteiger partial charge on any atom is -0.507 e. The second-order valence-corrected chi connectivity index (χ2v) is 2.48. The number of carbonyl (C=O) groups excluding carboxylic acids is 1. The van der Waals surface area contributed by atoms with Crippen LogP contribution in [-0.2, 0) is 9.53 Å². The van der Waals surface area contributed by atoms with Crippen molar-refractivity contribution in [2.75, 3.05) is 0 Å². The number of ether oxygens (including phenoxy) is 1. The van der Waals surface area contributed by atoms with Crippen molar-refractivity contribution in [3.63, 3.8) is 0 Å². The Morgan fingerprint density at radius 3 is 2.25 bits per heavy atom. The van der Waals surface area contributed by atoms with Gasteiger partial charge in [-0.05, 0) is 6.92 Å². The molecular weight excluding hydrogens is 177 g/mol. The Morgan fingerprint density at radius 1 is 1.58 bits per heavy atom. The van der Waals surface area contributed by atoms with Crippen LogP contribution in [0.2, 0.25) is 0 Å². The lowest BCUT2D eigenvalue weighted by Crippen LogP contribution is -2.44. The zero-order valence-corrected chi connectivity index (χ0v) is 5.97. The van der Waals surface area contributed by atoms with Gasteiger partial charge in [-0.2, -0.15) is 13.2 Å². The predicted molar refractivity (Wildman–Crippen MR) is 31.3 cm³/mol. The summed E-state index contributed by atoms with van der Waals surface area (Å²) in [5, 5.41) is 8.75. The fourth-order valence-corrected chi connectivity index (χ4v) is 0.735. The molecule has 1 aliphatic rings. The summed E-state index contributed by atoms with van der Waals surface area (Å²) in [6, 6.07) is 0. The van der Waals surface area contributed by atoms with E-state index in [1.54, 1.807) is 0 Å². The zero-order valence-electron chi connectivity index (χ0n) is 5.97. The molecule has 0 aromatic carbocycles. The van der Waals surface area contributed by atoms with Crippen LogP contribution in [0, 0.1) is 0 Å². The van der Waals surface area contributed by atoms with Crippen molar-refractivity contribution in [3.05, 3.63) is 11.8 Å². The fourth-order valence-electron chi connectivity index (χ4n) is 0.735. The summed E-state index contributed by atoms with van der Waals surface area (Å²) in [4.78, 5) is 10.4. The predicted octanol–water partition coefficient (Wildman–Crippen LogP) is 1.31. The van der Waals surface area contributed by atoms with Gasteiger partial charge >= 0.3 is 12.1 Å². The van der Waals surface area contributed by atoms with Crippen molar-refractivity contribution in [3.8, 4) is 0 Å². The van der Waals surface area contributed by atoms with Crippen molar-refractivity contribution in [2.24, 2.45) is 0 Å². The Bertz CT molecular complexity index is 255. The van der Waals surface area contributed by atoms with Gasteiger partial charge in [0.05, 0.1) is 6.08 Å². The molecule has 3 nitrogen and oxygen atoms in total. The fraction of sp³-hybridized carbons (Fsp3) is 0.500. The summed E-state index contributed by atoms with van der Waals surface area (Å²) >= 11 is 0. The molecule has 6 heteroatoms. The Morgan fingerprint density at radius 2 is 2.08 bits per heavy atom. The first kappa shape index (κ1) is 8.89. The van der Waals surface area contributed by atoms with Crippen molar-refractivity contribution in [1.82, 2.24) is 0 Å². The molecule has 1 heterocycles. The maximum Gasteiger partial charge on any atom is 0.435 e. The van der Waals surface area contributed by atoms with E-state index in [4.69, 9.17) is 5.11 Å². The van der Waals surface area contributed by atoms with E-state index in [9.17, 15) is 18.0 Å².